The molecule has 142 valence electrons. The number of nitrogens with two attached hydrogens (primary N) is 1. The van der Waals surface area contributed by atoms with E-state index in [2.05, 4.69) is 20.7 Å². The summed E-state index contributed by atoms with van der Waals surface area (Å²) in [5.41, 5.74) is 4.91. The average Bonchev–Trinajstić information content (AvgIpc) is 2.59. The molecule has 0 aliphatic carbocycles. The molecule has 3 amide bonds. The van der Waals surface area contributed by atoms with Crippen LogP contribution in [0, 0.1) is 0 Å². The Bertz CT molecular complexity index is 976. The van der Waals surface area contributed by atoms with Crippen molar-refractivity contribution in [2.75, 3.05) is 11.3 Å². The maximum Gasteiger partial charge on any atom is 0.338 e. The second-order valence-electron chi connectivity index (χ2n) is 5.13. The van der Waals surface area contributed by atoms with E-state index < -0.39 is 34.5 Å². The number of ether oxygens (including phenoxy) is 1. The monoisotopic (exact) mass is 455 g/mol. The third-order valence-corrected chi connectivity index (χ3v) is 5.00. The molecule has 0 saturated heterocycles. The van der Waals surface area contributed by atoms with Crippen LogP contribution in [-0.2, 0) is 19.6 Å². The van der Waals surface area contributed by atoms with Crippen LogP contribution in [0.2, 0.25) is 0 Å². The lowest BCUT2D eigenvalue weighted by Gasteiger charge is -2.10. The van der Waals surface area contributed by atoms with Gasteiger partial charge in [0.25, 0.3) is 15.9 Å². The molecule has 9 nitrogen and oxygen atoms in total. The Kier molecular flexibility index (Phi) is 6.53. The van der Waals surface area contributed by atoms with Crippen molar-refractivity contribution in [3.63, 3.8) is 0 Å². The van der Waals surface area contributed by atoms with E-state index >= 15 is 0 Å². The van der Waals surface area contributed by atoms with Crippen LogP contribution >= 0.6 is 15.9 Å². The molecule has 0 aromatic heterocycles. The SMILES string of the molecule is NC(=O)NC(=O)COC(=O)c1cccc(NS(=O)(=O)c2ccc(Br)cc2)c1. The zero-order valence-corrected chi connectivity index (χ0v) is 16.0. The van der Waals surface area contributed by atoms with Gasteiger partial charge in [-0.15, -0.1) is 0 Å². The van der Waals surface area contributed by atoms with E-state index in [1.807, 2.05) is 0 Å². The molecule has 2 aromatic carbocycles. The van der Waals surface area contributed by atoms with E-state index in [0.717, 1.165) is 4.47 Å². The standard InChI is InChI=1S/C16H14BrN3O6S/c17-11-4-6-13(7-5-11)27(24,25)20-12-3-1-2-10(8-12)15(22)26-9-14(21)19-16(18)23/h1-8,20H,9H2,(H3,18,19,21,23). The number of carbonyl (C=O) groups excluding carboxylic acids is 3. The first-order chi connectivity index (χ1) is 12.7. The van der Waals surface area contributed by atoms with Crippen molar-refractivity contribution in [1.29, 1.82) is 0 Å². The molecule has 0 atom stereocenters. The van der Waals surface area contributed by atoms with Gasteiger partial charge in [0, 0.05) is 10.2 Å². The molecule has 4 N–H and O–H groups in total. The maximum atomic E-state index is 12.4. The van der Waals surface area contributed by atoms with E-state index in [1.54, 1.807) is 17.4 Å². The fraction of sp³-hybridized carbons (Fsp3) is 0.0625. The molecule has 0 aliphatic rings. The molecule has 0 aliphatic heterocycles. The summed E-state index contributed by atoms with van der Waals surface area (Å²) in [4.78, 5) is 33.8. The molecule has 0 unspecified atom stereocenters. The summed E-state index contributed by atoms with van der Waals surface area (Å²) in [6.45, 7) is -0.712. The van der Waals surface area contributed by atoms with Crippen LogP contribution < -0.4 is 15.8 Å². The summed E-state index contributed by atoms with van der Waals surface area (Å²) >= 11 is 3.22. The summed E-state index contributed by atoms with van der Waals surface area (Å²) < 4.78 is 32.6. The Hall–Kier alpha value is -2.92. The number of esters is 1. The number of sulfonamides is 1. The number of rotatable bonds is 6. The first-order valence-corrected chi connectivity index (χ1v) is 9.60. The summed E-state index contributed by atoms with van der Waals surface area (Å²) in [6.07, 6.45) is 0. The van der Waals surface area contributed by atoms with Gasteiger partial charge in [-0.05, 0) is 42.5 Å². The molecule has 0 heterocycles. The zero-order valence-electron chi connectivity index (χ0n) is 13.6. The van der Waals surface area contributed by atoms with Gasteiger partial charge in [-0.1, -0.05) is 22.0 Å². The molecule has 27 heavy (non-hydrogen) atoms. The van der Waals surface area contributed by atoms with Crippen molar-refractivity contribution >= 4 is 49.5 Å². The normalized spacial score (nSPS) is 10.7. The molecule has 0 saturated carbocycles. The van der Waals surface area contributed by atoms with Crippen molar-refractivity contribution in [3.05, 3.63) is 58.6 Å². The van der Waals surface area contributed by atoms with Crippen LogP contribution in [-0.4, -0.2) is 32.9 Å². The van der Waals surface area contributed by atoms with E-state index in [0.29, 0.717) is 0 Å². The van der Waals surface area contributed by atoms with Gasteiger partial charge < -0.3 is 10.5 Å². The van der Waals surface area contributed by atoms with Crippen LogP contribution in [0.15, 0.2) is 57.9 Å². The fourth-order valence-corrected chi connectivity index (χ4v) is 3.24. The Morgan fingerprint density at radius 2 is 1.74 bits per heavy atom. The topological polar surface area (TPSA) is 145 Å². The number of hydrogen-bond donors (Lipinski definition) is 3. The predicted molar refractivity (Wildman–Crippen MR) is 99.4 cm³/mol. The van der Waals surface area contributed by atoms with Crippen molar-refractivity contribution in [2.24, 2.45) is 5.73 Å². The summed E-state index contributed by atoms with van der Waals surface area (Å²) in [7, 11) is -3.85. The second kappa shape index (κ2) is 8.64. The predicted octanol–water partition coefficient (Wildman–Crippen LogP) is 1.60. The van der Waals surface area contributed by atoms with E-state index in [1.165, 1.54) is 36.4 Å². The Balaban J connectivity index is 2.08. The Morgan fingerprint density at radius 1 is 1.07 bits per heavy atom. The molecule has 0 bridgehead atoms. The van der Waals surface area contributed by atoms with E-state index in [9.17, 15) is 22.8 Å². The van der Waals surface area contributed by atoms with E-state index in [4.69, 9.17) is 10.5 Å². The molecule has 0 fully saturated rings. The van der Waals surface area contributed by atoms with Crippen molar-refractivity contribution < 1.29 is 27.5 Å². The third-order valence-electron chi connectivity index (χ3n) is 3.07. The maximum absolute atomic E-state index is 12.4. The third kappa shape index (κ3) is 6.08. The minimum Gasteiger partial charge on any atom is -0.452 e. The molecule has 11 heteroatoms. The van der Waals surface area contributed by atoms with Gasteiger partial charge in [0.2, 0.25) is 0 Å². The van der Waals surface area contributed by atoms with Crippen LogP contribution in [0.5, 0.6) is 0 Å². The second-order valence-corrected chi connectivity index (χ2v) is 7.73. The van der Waals surface area contributed by atoms with Crippen LogP contribution in [0.3, 0.4) is 0 Å². The molecular formula is C16H14BrN3O6S. The van der Waals surface area contributed by atoms with Gasteiger partial charge in [0.15, 0.2) is 6.61 Å². The number of halogens is 1. The quantitative estimate of drug-likeness (QED) is 0.564. The zero-order chi connectivity index (χ0) is 20.0. The summed E-state index contributed by atoms with van der Waals surface area (Å²) in [5.74, 6) is -1.76. The largest absolute Gasteiger partial charge is 0.452 e. The van der Waals surface area contributed by atoms with Crippen molar-refractivity contribution in [1.82, 2.24) is 5.32 Å². The van der Waals surface area contributed by atoms with Crippen molar-refractivity contribution in [3.8, 4) is 0 Å². The Morgan fingerprint density at radius 3 is 2.37 bits per heavy atom. The number of benzene rings is 2. The molecule has 2 aromatic rings. The van der Waals surface area contributed by atoms with Crippen LogP contribution in [0.25, 0.3) is 0 Å². The van der Waals surface area contributed by atoms with Gasteiger partial charge >= 0.3 is 12.0 Å². The molecule has 0 spiro atoms. The minimum atomic E-state index is -3.85. The number of primary amides is 1. The summed E-state index contributed by atoms with van der Waals surface area (Å²) in [6, 6.07) is 10.5. The van der Waals surface area contributed by atoms with Crippen LogP contribution in [0.4, 0.5) is 10.5 Å². The summed E-state index contributed by atoms with van der Waals surface area (Å²) in [5, 5.41) is 1.74. The highest BCUT2D eigenvalue weighted by molar-refractivity contribution is 9.10. The molecule has 2 rings (SSSR count). The lowest BCUT2D eigenvalue weighted by atomic mass is 10.2. The Labute approximate surface area is 163 Å². The number of imide groups is 1. The van der Waals surface area contributed by atoms with Gasteiger partial charge in [0.05, 0.1) is 10.5 Å². The smallest absolute Gasteiger partial charge is 0.338 e. The first kappa shape index (κ1) is 20.4. The number of hydrogen-bond acceptors (Lipinski definition) is 6. The lowest BCUT2D eigenvalue weighted by Crippen LogP contribution is -2.37. The number of carbonyl (C=O) groups is 3. The highest BCUT2D eigenvalue weighted by atomic mass is 79.9. The highest BCUT2D eigenvalue weighted by Crippen LogP contribution is 2.19. The van der Waals surface area contributed by atoms with Gasteiger partial charge in [-0.25, -0.2) is 18.0 Å². The number of anilines is 1. The minimum absolute atomic E-state index is 0.0119. The fourth-order valence-electron chi connectivity index (χ4n) is 1.93. The first-order valence-electron chi connectivity index (χ1n) is 7.32. The van der Waals surface area contributed by atoms with Gasteiger partial charge in [-0.3, -0.25) is 14.8 Å². The number of amides is 3. The highest BCUT2D eigenvalue weighted by Gasteiger charge is 2.16. The van der Waals surface area contributed by atoms with Crippen molar-refractivity contribution in [2.45, 2.75) is 4.90 Å². The van der Waals surface area contributed by atoms with Gasteiger partial charge in [0.1, 0.15) is 0 Å². The molecule has 0 radical (unpaired) electrons. The average molecular weight is 456 g/mol. The van der Waals surface area contributed by atoms with Gasteiger partial charge in [-0.2, -0.15) is 0 Å². The van der Waals surface area contributed by atoms with Crippen LogP contribution in [0.1, 0.15) is 10.4 Å². The molecular weight excluding hydrogens is 442 g/mol. The number of nitrogens with one attached hydrogen (secondary N) is 2. The van der Waals surface area contributed by atoms with E-state index in [-0.39, 0.29) is 16.1 Å². The lowest BCUT2D eigenvalue weighted by molar-refractivity contribution is -0.123. The number of urea groups is 1.